The summed E-state index contributed by atoms with van der Waals surface area (Å²) in [6, 6.07) is 10.3. The number of nitrogens with zero attached hydrogens (tertiary/aromatic N) is 1. The Bertz CT molecular complexity index is 858. The van der Waals surface area contributed by atoms with Crippen molar-refractivity contribution in [1.29, 1.82) is 0 Å². The summed E-state index contributed by atoms with van der Waals surface area (Å²) in [5, 5.41) is 8.37. The number of thioether (sulfide) groups is 1. The van der Waals surface area contributed by atoms with Crippen LogP contribution in [0.25, 0.3) is 0 Å². The van der Waals surface area contributed by atoms with Crippen molar-refractivity contribution in [3.05, 3.63) is 57.8 Å². The summed E-state index contributed by atoms with van der Waals surface area (Å²) in [6.45, 7) is 1.99. The molecule has 1 amide bonds. The van der Waals surface area contributed by atoms with E-state index < -0.39 is 17.0 Å². The van der Waals surface area contributed by atoms with Crippen LogP contribution in [-0.2, 0) is 16.1 Å². The molecule has 0 saturated heterocycles. The number of aryl methyl sites for hydroxylation is 1. The van der Waals surface area contributed by atoms with Gasteiger partial charge in [0.1, 0.15) is 5.82 Å². The molecule has 25 heavy (non-hydrogen) atoms. The normalized spacial score (nSPS) is 16.7. The zero-order chi connectivity index (χ0) is 18.1. The predicted octanol–water partition coefficient (Wildman–Crippen LogP) is 4.38. The second kappa shape index (κ2) is 7.17. The molecule has 1 heterocycles. The fourth-order valence-corrected chi connectivity index (χ4v) is 4.35. The Morgan fingerprint density at radius 1 is 1.32 bits per heavy atom. The molecule has 4 nitrogen and oxygen atoms in total. The molecular formula is C18H15BrFNO3S. The van der Waals surface area contributed by atoms with Crippen LogP contribution < -0.4 is 4.90 Å². The molecule has 0 bridgehead atoms. The predicted molar refractivity (Wildman–Crippen MR) is 98.4 cm³/mol. The average molecular weight is 424 g/mol. The van der Waals surface area contributed by atoms with Gasteiger partial charge in [0, 0.05) is 14.9 Å². The minimum absolute atomic E-state index is 0.0602. The number of rotatable bonds is 4. The minimum atomic E-state index is -1.03. The summed E-state index contributed by atoms with van der Waals surface area (Å²) in [5.74, 6) is -1.76. The van der Waals surface area contributed by atoms with Crippen LogP contribution in [-0.4, -0.2) is 22.2 Å². The van der Waals surface area contributed by atoms with E-state index in [9.17, 15) is 14.0 Å². The standard InChI is InChI=1S/C18H15BrFNO3S/c1-10-2-5-14-15(6-10)25-16(8-17(22)23)18(24)21(14)9-11-3-4-12(19)7-13(11)20/h2-7,16H,8-9H2,1H3,(H,22,23). The molecule has 1 unspecified atom stereocenters. The van der Waals surface area contributed by atoms with Crippen LogP contribution in [0.1, 0.15) is 17.5 Å². The van der Waals surface area contributed by atoms with E-state index in [1.165, 1.54) is 22.7 Å². The third-order valence-corrected chi connectivity index (χ3v) is 5.65. The number of carbonyl (C=O) groups excluding carboxylic acids is 1. The number of anilines is 1. The molecule has 0 radical (unpaired) electrons. The van der Waals surface area contributed by atoms with E-state index in [1.54, 1.807) is 12.1 Å². The Morgan fingerprint density at radius 2 is 2.08 bits per heavy atom. The van der Waals surface area contributed by atoms with E-state index in [1.807, 2.05) is 25.1 Å². The van der Waals surface area contributed by atoms with Gasteiger partial charge >= 0.3 is 5.97 Å². The van der Waals surface area contributed by atoms with E-state index in [0.717, 1.165) is 10.5 Å². The number of carbonyl (C=O) groups is 2. The third-order valence-electron chi connectivity index (χ3n) is 3.92. The van der Waals surface area contributed by atoms with Crippen molar-refractivity contribution in [2.75, 3.05) is 4.90 Å². The fourth-order valence-electron chi connectivity index (χ4n) is 2.71. The molecule has 1 aliphatic heterocycles. The smallest absolute Gasteiger partial charge is 0.305 e. The van der Waals surface area contributed by atoms with Gasteiger partial charge in [-0.15, -0.1) is 11.8 Å². The van der Waals surface area contributed by atoms with Crippen molar-refractivity contribution in [3.63, 3.8) is 0 Å². The second-order valence-electron chi connectivity index (χ2n) is 5.84. The third kappa shape index (κ3) is 3.88. The number of halogens is 2. The van der Waals surface area contributed by atoms with Gasteiger partial charge in [-0.1, -0.05) is 28.1 Å². The van der Waals surface area contributed by atoms with Crippen LogP contribution in [0.4, 0.5) is 10.1 Å². The highest BCUT2D eigenvalue weighted by atomic mass is 79.9. The van der Waals surface area contributed by atoms with E-state index in [2.05, 4.69) is 15.9 Å². The summed E-state index contributed by atoms with van der Waals surface area (Å²) in [4.78, 5) is 26.2. The molecular weight excluding hydrogens is 409 g/mol. The lowest BCUT2D eigenvalue weighted by atomic mass is 10.1. The van der Waals surface area contributed by atoms with Gasteiger partial charge in [0.15, 0.2) is 0 Å². The number of hydrogen-bond donors (Lipinski definition) is 1. The van der Waals surface area contributed by atoms with Crippen molar-refractivity contribution in [2.45, 2.75) is 30.0 Å². The van der Waals surface area contributed by atoms with Crippen molar-refractivity contribution < 1.29 is 19.1 Å². The molecule has 7 heteroatoms. The summed E-state index contributed by atoms with van der Waals surface area (Å²) in [6.07, 6.45) is -0.268. The van der Waals surface area contributed by atoms with Crippen LogP contribution in [0.5, 0.6) is 0 Å². The first kappa shape index (κ1) is 17.9. The Balaban J connectivity index is 2.00. The highest BCUT2D eigenvalue weighted by Crippen LogP contribution is 2.41. The molecule has 2 aromatic carbocycles. The van der Waals surface area contributed by atoms with Gasteiger partial charge in [-0.05, 0) is 36.8 Å². The molecule has 1 atom stereocenters. The number of carboxylic acids is 1. The molecule has 0 aromatic heterocycles. The summed E-state index contributed by atoms with van der Waals surface area (Å²) in [7, 11) is 0. The largest absolute Gasteiger partial charge is 0.481 e. The Kier molecular flexibility index (Phi) is 5.15. The zero-order valence-electron chi connectivity index (χ0n) is 13.3. The SMILES string of the molecule is Cc1ccc2c(c1)SC(CC(=O)O)C(=O)N2Cc1ccc(Br)cc1F. The molecule has 130 valence electrons. The first-order chi connectivity index (χ1) is 11.8. The molecule has 0 fully saturated rings. The lowest BCUT2D eigenvalue weighted by Crippen LogP contribution is -2.41. The summed E-state index contributed by atoms with van der Waals surface area (Å²) in [5.41, 5.74) is 2.08. The number of benzene rings is 2. The van der Waals surface area contributed by atoms with Gasteiger partial charge in [-0.3, -0.25) is 9.59 Å². The maximum Gasteiger partial charge on any atom is 0.305 e. The first-order valence-corrected chi connectivity index (χ1v) is 9.27. The van der Waals surface area contributed by atoms with Gasteiger partial charge < -0.3 is 10.0 Å². The topological polar surface area (TPSA) is 57.6 Å². The van der Waals surface area contributed by atoms with Crippen LogP contribution in [0, 0.1) is 12.7 Å². The molecule has 0 saturated carbocycles. The minimum Gasteiger partial charge on any atom is -0.481 e. The van der Waals surface area contributed by atoms with Crippen LogP contribution in [0.3, 0.4) is 0 Å². The number of aliphatic carboxylic acids is 1. The molecule has 0 aliphatic carbocycles. The Labute approximate surface area is 157 Å². The fraction of sp³-hybridized carbons (Fsp3) is 0.222. The van der Waals surface area contributed by atoms with Gasteiger partial charge in [0.25, 0.3) is 0 Å². The van der Waals surface area contributed by atoms with E-state index in [0.29, 0.717) is 15.7 Å². The lowest BCUT2D eigenvalue weighted by molar-refractivity contribution is -0.138. The second-order valence-corrected chi connectivity index (χ2v) is 8.00. The molecule has 0 spiro atoms. The first-order valence-electron chi connectivity index (χ1n) is 7.59. The summed E-state index contributed by atoms with van der Waals surface area (Å²) < 4.78 is 14.8. The maximum absolute atomic E-state index is 14.2. The number of hydrogen-bond acceptors (Lipinski definition) is 3. The monoisotopic (exact) mass is 423 g/mol. The number of amides is 1. The van der Waals surface area contributed by atoms with Crippen molar-refractivity contribution in [2.24, 2.45) is 0 Å². The van der Waals surface area contributed by atoms with E-state index in [-0.39, 0.29) is 18.9 Å². The van der Waals surface area contributed by atoms with Crippen molar-refractivity contribution >= 4 is 45.3 Å². The average Bonchev–Trinajstić information content (AvgIpc) is 2.52. The summed E-state index contributed by atoms with van der Waals surface area (Å²) >= 11 is 4.47. The van der Waals surface area contributed by atoms with Gasteiger partial charge in [0.2, 0.25) is 5.91 Å². The molecule has 2 aromatic rings. The maximum atomic E-state index is 14.2. The highest BCUT2D eigenvalue weighted by Gasteiger charge is 2.35. The molecule has 1 N–H and O–H groups in total. The Hall–Kier alpha value is -1.86. The van der Waals surface area contributed by atoms with Crippen LogP contribution in [0.15, 0.2) is 45.8 Å². The van der Waals surface area contributed by atoms with Crippen molar-refractivity contribution in [3.8, 4) is 0 Å². The van der Waals surface area contributed by atoms with Crippen LogP contribution >= 0.6 is 27.7 Å². The zero-order valence-corrected chi connectivity index (χ0v) is 15.7. The molecule has 1 aliphatic rings. The van der Waals surface area contributed by atoms with Gasteiger partial charge in [0.05, 0.1) is 23.9 Å². The van der Waals surface area contributed by atoms with Crippen molar-refractivity contribution in [1.82, 2.24) is 0 Å². The van der Waals surface area contributed by atoms with E-state index in [4.69, 9.17) is 5.11 Å². The van der Waals surface area contributed by atoms with E-state index >= 15 is 0 Å². The quantitative estimate of drug-likeness (QED) is 0.792. The Morgan fingerprint density at radius 3 is 2.76 bits per heavy atom. The number of carboxylic acid groups (broad SMARTS) is 1. The lowest BCUT2D eigenvalue weighted by Gasteiger charge is -2.33. The number of fused-ring (bicyclic) bond motifs is 1. The van der Waals surface area contributed by atoms with Gasteiger partial charge in [-0.25, -0.2) is 4.39 Å². The highest BCUT2D eigenvalue weighted by molar-refractivity contribution is 9.10. The van der Waals surface area contributed by atoms with Crippen LogP contribution in [0.2, 0.25) is 0 Å². The molecule has 3 rings (SSSR count). The van der Waals surface area contributed by atoms with Gasteiger partial charge in [-0.2, -0.15) is 0 Å².